The molecule has 2 aromatic carbocycles. The van der Waals surface area contributed by atoms with Gasteiger partial charge in [-0.15, -0.1) is 0 Å². The van der Waals surface area contributed by atoms with E-state index in [2.05, 4.69) is 0 Å². The molecule has 0 saturated carbocycles. The van der Waals surface area contributed by atoms with Crippen molar-refractivity contribution in [3.8, 4) is 0 Å². The Kier molecular flexibility index (Phi) is 2.69. The van der Waals surface area contributed by atoms with Crippen molar-refractivity contribution in [3.63, 3.8) is 0 Å². The molecule has 18 heavy (non-hydrogen) atoms. The Balaban J connectivity index is 1.98. The maximum atomic E-state index is 12.3. The summed E-state index contributed by atoms with van der Waals surface area (Å²) in [7, 11) is -3.40. The minimum Gasteiger partial charge on any atom is -0.368 e. The minimum absolute atomic E-state index is 0.151. The van der Waals surface area contributed by atoms with Gasteiger partial charge in [0, 0.05) is 0 Å². The SMILES string of the molecule is O=S(=O)(c1ccccc1)c1ccc(C2CO2)cc1. The second-order valence-corrected chi connectivity index (χ2v) is 6.16. The molecular formula is C14H12O3S. The van der Waals surface area contributed by atoms with Crippen LogP contribution >= 0.6 is 0 Å². The molecule has 92 valence electrons. The van der Waals surface area contributed by atoms with E-state index in [1.54, 1.807) is 42.5 Å². The Morgan fingerprint density at radius 2 is 1.44 bits per heavy atom. The molecule has 0 bridgehead atoms. The van der Waals surface area contributed by atoms with Gasteiger partial charge in [-0.05, 0) is 29.8 Å². The van der Waals surface area contributed by atoms with Gasteiger partial charge in [-0.2, -0.15) is 0 Å². The van der Waals surface area contributed by atoms with Gasteiger partial charge in [0.25, 0.3) is 0 Å². The second kappa shape index (κ2) is 4.23. The first kappa shape index (κ1) is 11.4. The maximum absolute atomic E-state index is 12.3. The molecule has 1 atom stereocenters. The summed E-state index contributed by atoms with van der Waals surface area (Å²) in [6.45, 7) is 0.727. The average molecular weight is 260 g/mol. The molecule has 0 radical (unpaired) electrons. The predicted octanol–water partition coefficient (Wildman–Crippen LogP) is 2.59. The van der Waals surface area contributed by atoms with Crippen LogP contribution in [0.5, 0.6) is 0 Å². The Hall–Kier alpha value is -1.65. The van der Waals surface area contributed by atoms with Crippen LogP contribution in [0.3, 0.4) is 0 Å². The third kappa shape index (κ3) is 2.05. The van der Waals surface area contributed by atoms with Gasteiger partial charge in [0.1, 0.15) is 6.10 Å². The van der Waals surface area contributed by atoms with Crippen LogP contribution in [-0.4, -0.2) is 15.0 Å². The number of rotatable bonds is 3. The van der Waals surface area contributed by atoms with E-state index in [1.165, 1.54) is 0 Å². The van der Waals surface area contributed by atoms with Crippen molar-refractivity contribution in [1.82, 2.24) is 0 Å². The molecule has 2 aromatic rings. The molecule has 1 unspecified atom stereocenters. The summed E-state index contributed by atoms with van der Waals surface area (Å²) in [6, 6.07) is 15.4. The van der Waals surface area contributed by atoms with Crippen molar-refractivity contribution in [2.45, 2.75) is 15.9 Å². The van der Waals surface area contributed by atoms with Crippen LogP contribution in [0.15, 0.2) is 64.4 Å². The Bertz CT molecular complexity index is 641. The molecule has 3 rings (SSSR count). The van der Waals surface area contributed by atoms with Crippen molar-refractivity contribution in [3.05, 3.63) is 60.2 Å². The van der Waals surface area contributed by atoms with Crippen LogP contribution in [0.1, 0.15) is 11.7 Å². The molecule has 3 nitrogen and oxygen atoms in total. The van der Waals surface area contributed by atoms with Gasteiger partial charge in [0.15, 0.2) is 0 Å². The predicted molar refractivity (Wildman–Crippen MR) is 67.0 cm³/mol. The lowest BCUT2D eigenvalue weighted by Crippen LogP contribution is -2.01. The summed E-state index contributed by atoms with van der Waals surface area (Å²) in [5.41, 5.74) is 1.03. The topological polar surface area (TPSA) is 46.7 Å². The number of ether oxygens (including phenoxy) is 1. The third-order valence-electron chi connectivity index (χ3n) is 2.95. The van der Waals surface area contributed by atoms with Gasteiger partial charge in [0.05, 0.1) is 16.4 Å². The fraction of sp³-hybridized carbons (Fsp3) is 0.143. The van der Waals surface area contributed by atoms with E-state index >= 15 is 0 Å². The van der Waals surface area contributed by atoms with Crippen molar-refractivity contribution >= 4 is 9.84 Å². The van der Waals surface area contributed by atoms with E-state index in [9.17, 15) is 8.42 Å². The molecule has 1 aliphatic heterocycles. The van der Waals surface area contributed by atoms with Gasteiger partial charge < -0.3 is 4.74 Å². The van der Waals surface area contributed by atoms with Crippen LogP contribution in [0.2, 0.25) is 0 Å². The molecule has 1 fully saturated rings. The number of sulfone groups is 1. The summed E-state index contributed by atoms with van der Waals surface area (Å²) < 4.78 is 29.8. The zero-order valence-electron chi connectivity index (χ0n) is 9.61. The highest BCUT2D eigenvalue weighted by Gasteiger charge is 2.25. The van der Waals surface area contributed by atoms with Gasteiger partial charge >= 0.3 is 0 Å². The molecule has 0 aromatic heterocycles. The zero-order valence-corrected chi connectivity index (χ0v) is 10.4. The van der Waals surface area contributed by atoms with Gasteiger partial charge in [0.2, 0.25) is 9.84 Å². The molecule has 0 spiro atoms. The lowest BCUT2D eigenvalue weighted by Gasteiger charge is -2.05. The molecule has 0 aliphatic carbocycles. The van der Waals surface area contributed by atoms with Crippen LogP contribution in [-0.2, 0) is 14.6 Å². The quantitative estimate of drug-likeness (QED) is 0.797. The van der Waals surface area contributed by atoms with Crippen molar-refractivity contribution in [2.75, 3.05) is 6.61 Å². The van der Waals surface area contributed by atoms with E-state index in [-0.39, 0.29) is 6.10 Å². The van der Waals surface area contributed by atoms with E-state index in [4.69, 9.17) is 4.74 Å². The number of hydrogen-bond donors (Lipinski definition) is 0. The molecule has 0 amide bonds. The number of hydrogen-bond acceptors (Lipinski definition) is 3. The summed E-state index contributed by atoms with van der Waals surface area (Å²) in [5, 5.41) is 0. The van der Waals surface area contributed by atoms with Crippen LogP contribution in [0, 0.1) is 0 Å². The standard InChI is InChI=1S/C14H12O3S/c15-18(16,12-4-2-1-3-5-12)13-8-6-11(7-9-13)14-10-17-14/h1-9,14H,10H2. The molecular weight excluding hydrogens is 248 g/mol. The van der Waals surface area contributed by atoms with E-state index in [0.29, 0.717) is 9.79 Å². The monoisotopic (exact) mass is 260 g/mol. The van der Waals surface area contributed by atoms with Gasteiger partial charge in [-0.3, -0.25) is 0 Å². The highest BCUT2D eigenvalue weighted by molar-refractivity contribution is 7.91. The fourth-order valence-corrected chi connectivity index (χ4v) is 3.12. The second-order valence-electron chi connectivity index (χ2n) is 4.21. The smallest absolute Gasteiger partial charge is 0.206 e. The third-order valence-corrected chi connectivity index (χ3v) is 4.73. The Morgan fingerprint density at radius 1 is 0.889 bits per heavy atom. The summed E-state index contributed by atoms with van der Waals surface area (Å²) >= 11 is 0. The number of epoxide rings is 1. The average Bonchev–Trinajstić information content (AvgIpc) is 3.24. The summed E-state index contributed by atoms with van der Waals surface area (Å²) in [4.78, 5) is 0.638. The first-order valence-electron chi connectivity index (χ1n) is 5.69. The Morgan fingerprint density at radius 3 is 2.00 bits per heavy atom. The normalized spacial score (nSPS) is 18.6. The highest BCUT2D eigenvalue weighted by atomic mass is 32.2. The van der Waals surface area contributed by atoms with E-state index in [1.807, 2.05) is 12.1 Å². The lowest BCUT2D eigenvalue weighted by atomic mass is 10.2. The Labute approximate surface area is 106 Å². The van der Waals surface area contributed by atoms with E-state index in [0.717, 1.165) is 12.2 Å². The minimum atomic E-state index is -3.40. The van der Waals surface area contributed by atoms with Crippen LogP contribution < -0.4 is 0 Å². The molecule has 1 aliphatic rings. The van der Waals surface area contributed by atoms with Gasteiger partial charge in [-0.1, -0.05) is 30.3 Å². The highest BCUT2D eigenvalue weighted by Crippen LogP contribution is 2.31. The number of benzene rings is 2. The molecule has 0 N–H and O–H groups in total. The maximum Gasteiger partial charge on any atom is 0.206 e. The zero-order chi connectivity index (χ0) is 12.6. The molecule has 4 heteroatoms. The van der Waals surface area contributed by atoms with Crippen LogP contribution in [0.4, 0.5) is 0 Å². The summed E-state index contributed by atoms with van der Waals surface area (Å²) in [6.07, 6.45) is 0.151. The first-order chi connectivity index (χ1) is 8.68. The van der Waals surface area contributed by atoms with Crippen molar-refractivity contribution in [2.24, 2.45) is 0 Å². The van der Waals surface area contributed by atoms with Crippen LogP contribution in [0.25, 0.3) is 0 Å². The summed E-state index contributed by atoms with van der Waals surface area (Å²) in [5.74, 6) is 0. The van der Waals surface area contributed by atoms with E-state index < -0.39 is 9.84 Å². The van der Waals surface area contributed by atoms with Crippen molar-refractivity contribution in [1.29, 1.82) is 0 Å². The van der Waals surface area contributed by atoms with Crippen molar-refractivity contribution < 1.29 is 13.2 Å². The van der Waals surface area contributed by atoms with Gasteiger partial charge in [-0.25, -0.2) is 8.42 Å². The lowest BCUT2D eigenvalue weighted by molar-refractivity contribution is 0.415. The fourth-order valence-electron chi connectivity index (χ4n) is 1.84. The first-order valence-corrected chi connectivity index (χ1v) is 7.18. The molecule has 1 saturated heterocycles. The largest absolute Gasteiger partial charge is 0.368 e. The molecule has 1 heterocycles.